The minimum Gasteiger partial charge on any atom is -0.492 e. The van der Waals surface area contributed by atoms with E-state index in [1.807, 2.05) is 24.3 Å². The van der Waals surface area contributed by atoms with Crippen LogP contribution in [0.1, 0.15) is 17.2 Å². The van der Waals surface area contributed by atoms with Crippen LogP contribution in [0.4, 0.5) is 0 Å². The van der Waals surface area contributed by atoms with Crippen molar-refractivity contribution in [2.45, 2.75) is 17.8 Å². The Morgan fingerprint density at radius 1 is 1.19 bits per heavy atom. The van der Waals surface area contributed by atoms with Crippen LogP contribution in [-0.4, -0.2) is 18.5 Å². The molecule has 0 saturated heterocycles. The molecule has 1 aliphatic carbocycles. The average molecular weight is 367 g/mol. The highest BCUT2D eigenvalue weighted by Crippen LogP contribution is 2.34. The number of alkyl halides is 1. The maximum absolute atomic E-state index is 6.45. The molecule has 2 atom stereocenters. The van der Waals surface area contributed by atoms with Gasteiger partial charge in [-0.15, -0.1) is 11.6 Å². The van der Waals surface area contributed by atoms with Gasteiger partial charge in [0, 0.05) is 17.1 Å². The molecule has 2 nitrogen and oxygen atoms in total. The van der Waals surface area contributed by atoms with Gasteiger partial charge in [0.2, 0.25) is 0 Å². The summed E-state index contributed by atoms with van der Waals surface area (Å²) in [6.45, 7) is 1.40. The summed E-state index contributed by atoms with van der Waals surface area (Å²) in [7, 11) is 0. The maximum atomic E-state index is 6.45. The van der Waals surface area contributed by atoms with Crippen LogP contribution in [0, 0.1) is 0 Å². The van der Waals surface area contributed by atoms with Crippen molar-refractivity contribution in [3.63, 3.8) is 0 Å². The van der Waals surface area contributed by atoms with Crippen LogP contribution < -0.4 is 10.1 Å². The molecule has 0 fully saturated rings. The molecule has 2 aromatic carbocycles. The van der Waals surface area contributed by atoms with Gasteiger partial charge in [-0.3, -0.25) is 0 Å². The van der Waals surface area contributed by atoms with E-state index in [0.717, 1.165) is 23.2 Å². The second kappa shape index (κ2) is 6.82. The number of halogens is 2. The molecule has 110 valence electrons. The minimum atomic E-state index is 0.119. The third kappa shape index (κ3) is 3.60. The Balaban J connectivity index is 1.52. The van der Waals surface area contributed by atoms with Crippen molar-refractivity contribution in [2.75, 3.05) is 13.2 Å². The molecule has 21 heavy (non-hydrogen) atoms. The molecule has 0 spiro atoms. The first-order valence-electron chi connectivity index (χ1n) is 7.07. The van der Waals surface area contributed by atoms with E-state index in [9.17, 15) is 0 Å². The predicted molar refractivity (Wildman–Crippen MR) is 90.2 cm³/mol. The summed E-state index contributed by atoms with van der Waals surface area (Å²) in [5.74, 6) is 0.875. The van der Waals surface area contributed by atoms with Crippen LogP contribution in [0.2, 0.25) is 0 Å². The first-order valence-corrected chi connectivity index (χ1v) is 8.30. The fraction of sp³-hybridized carbons (Fsp3) is 0.294. The van der Waals surface area contributed by atoms with E-state index in [0.29, 0.717) is 6.61 Å². The number of hydrogen-bond donors (Lipinski definition) is 1. The van der Waals surface area contributed by atoms with Gasteiger partial charge in [0.1, 0.15) is 12.4 Å². The topological polar surface area (TPSA) is 21.3 Å². The van der Waals surface area contributed by atoms with Gasteiger partial charge in [-0.2, -0.15) is 0 Å². The fourth-order valence-electron chi connectivity index (χ4n) is 2.72. The second-order valence-corrected chi connectivity index (χ2v) is 6.63. The first-order chi connectivity index (χ1) is 10.2. The van der Waals surface area contributed by atoms with Gasteiger partial charge >= 0.3 is 0 Å². The first kappa shape index (κ1) is 14.9. The van der Waals surface area contributed by atoms with Crippen LogP contribution in [0.25, 0.3) is 0 Å². The average Bonchev–Trinajstić information content (AvgIpc) is 2.79. The predicted octanol–water partition coefficient (Wildman–Crippen LogP) is 4.32. The number of nitrogens with one attached hydrogen (secondary N) is 1. The number of ether oxygens (including phenoxy) is 1. The zero-order valence-electron chi connectivity index (χ0n) is 11.6. The Labute approximate surface area is 138 Å². The van der Waals surface area contributed by atoms with E-state index in [1.165, 1.54) is 11.1 Å². The van der Waals surface area contributed by atoms with Crippen molar-refractivity contribution in [3.8, 4) is 5.75 Å². The molecular formula is C17H17BrClNO. The molecule has 0 radical (unpaired) electrons. The fourth-order valence-corrected chi connectivity index (χ4v) is 3.49. The third-order valence-corrected chi connectivity index (χ3v) is 4.60. The molecule has 1 aliphatic rings. The summed E-state index contributed by atoms with van der Waals surface area (Å²) in [5.41, 5.74) is 2.67. The zero-order valence-corrected chi connectivity index (χ0v) is 13.9. The van der Waals surface area contributed by atoms with Crippen molar-refractivity contribution >= 4 is 27.5 Å². The highest BCUT2D eigenvalue weighted by molar-refractivity contribution is 9.10. The van der Waals surface area contributed by atoms with Gasteiger partial charge in [-0.1, -0.05) is 46.3 Å². The Bertz CT molecular complexity index is 619. The molecule has 2 unspecified atom stereocenters. The van der Waals surface area contributed by atoms with E-state index in [-0.39, 0.29) is 11.4 Å². The summed E-state index contributed by atoms with van der Waals surface area (Å²) in [6, 6.07) is 16.5. The molecular weight excluding hydrogens is 350 g/mol. The number of benzene rings is 2. The molecule has 0 saturated carbocycles. The summed E-state index contributed by atoms with van der Waals surface area (Å²) >= 11 is 9.89. The normalized spacial score (nSPS) is 20.3. The summed E-state index contributed by atoms with van der Waals surface area (Å²) in [4.78, 5) is 0. The summed E-state index contributed by atoms with van der Waals surface area (Å²) in [6.07, 6.45) is 0.932. The Morgan fingerprint density at radius 3 is 2.90 bits per heavy atom. The molecule has 1 N–H and O–H groups in total. The van der Waals surface area contributed by atoms with Crippen LogP contribution in [0.3, 0.4) is 0 Å². The van der Waals surface area contributed by atoms with Gasteiger partial charge in [0.15, 0.2) is 0 Å². The lowest BCUT2D eigenvalue weighted by Crippen LogP contribution is -2.29. The number of hydrogen-bond acceptors (Lipinski definition) is 2. The monoisotopic (exact) mass is 365 g/mol. The molecule has 0 aliphatic heterocycles. The number of fused-ring (bicyclic) bond motifs is 1. The molecule has 0 heterocycles. The standard InChI is InChI=1S/C17H17BrClNO/c18-13-5-3-6-14(11-13)21-9-8-20-17-15-7-2-1-4-12(15)10-16(17)19/h1-7,11,16-17,20H,8-10H2. The van der Waals surface area contributed by atoms with Crippen LogP contribution >= 0.6 is 27.5 Å². The Morgan fingerprint density at radius 2 is 2.05 bits per heavy atom. The Kier molecular flexibility index (Phi) is 4.84. The van der Waals surface area contributed by atoms with Gasteiger partial charge in [0.05, 0.1) is 5.38 Å². The largest absolute Gasteiger partial charge is 0.492 e. The summed E-state index contributed by atoms with van der Waals surface area (Å²) in [5, 5.41) is 3.62. The highest BCUT2D eigenvalue weighted by Gasteiger charge is 2.29. The van der Waals surface area contributed by atoms with Crippen molar-refractivity contribution in [3.05, 3.63) is 64.1 Å². The molecule has 4 heteroatoms. The van der Waals surface area contributed by atoms with Gasteiger partial charge in [-0.05, 0) is 35.7 Å². The smallest absolute Gasteiger partial charge is 0.120 e. The quantitative estimate of drug-likeness (QED) is 0.628. The van der Waals surface area contributed by atoms with Crippen LogP contribution in [0.15, 0.2) is 53.0 Å². The lowest BCUT2D eigenvalue weighted by atomic mass is 10.1. The van der Waals surface area contributed by atoms with E-state index in [4.69, 9.17) is 16.3 Å². The molecule has 3 rings (SSSR count). The van der Waals surface area contributed by atoms with Crippen molar-refractivity contribution in [2.24, 2.45) is 0 Å². The van der Waals surface area contributed by atoms with Crippen LogP contribution in [-0.2, 0) is 6.42 Å². The molecule has 0 amide bonds. The lowest BCUT2D eigenvalue weighted by molar-refractivity contribution is 0.305. The minimum absolute atomic E-state index is 0.119. The van der Waals surface area contributed by atoms with Gasteiger partial charge in [-0.25, -0.2) is 0 Å². The van der Waals surface area contributed by atoms with Crippen LogP contribution in [0.5, 0.6) is 5.75 Å². The SMILES string of the molecule is ClC1Cc2ccccc2C1NCCOc1cccc(Br)c1. The van der Waals surface area contributed by atoms with E-state index in [2.05, 4.69) is 45.5 Å². The summed E-state index contributed by atoms with van der Waals surface area (Å²) < 4.78 is 6.76. The lowest BCUT2D eigenvalue weighted by Gasteiger charge is -2.17. The van der Waals surface area contributed by atoms with Crippen molar-refractivity contribution < 1.29 is 4.74 Å². The molecule has 0 aromatic heterocycles. The molecule has 0 bridgehead atoms. The zero-order chi connectivity index (χ0) is 14.7. The highest BCUT2D eigenvalue weighted by atomic mass is 79.9. The van der Waals surface area contributed by atoms with Gasteiger partial charge < -0.3 is 10.1 Å². The molecule has 2 aromatic rings. The van der Waals surface area contributed by atoms with Crippen molar-refractivity contribution in [1.82, 2.24) is 5.32 Å². The van der Waals surface area contributed by atoms with Crippen molar-refractivity contribution in [1.29, 1.82) is 0 Å². The number of rotatable bonds is 5. The Hall–Kier alpha value is -1.03. The second-order valence-electron chi connectivity index (χ2n) is 5.16. The van der Waals surface area contributed by atoms with E-state index in [1.54, 1.807) is 0 Å². The van der Waals surface area contributed by atoms with E-state index < -0.39 is 0 Å². The van der Waals surface area contributed by atoms with Gasteiger partial charge in [0.25, 0.3) is 0 Å². The van der Waals surface area contributed by atoms with E-state index >= 15 is 0 Å². The maximum Gasteiger partial charge on any atom is 0.120 e. The third-order valence-electron chi connectivity index (χ3n) is 3.70.